The molecule has 2 N–H and O–H groups in total. The minimum Gasteiger partial charge on any atom is -0.279 e. The van der Waals surface area contributed by atoms with E-state index in [9.17, 15) is 26.3 Å². The lowest BCUT2D eigenvalue weighted by Crippen LogP contribution is -2.21. The molecule has 0 aromatic carbocycles. The van der Waals surface area contributed by atoms with Crippen LogP contribution < -0.4 is 0 Å². The minimum atomic E-state index is -5.84. The highest BCUT2D eigenvalue weighted by atomic mass is 127. The Balaban J connectivity index is -0.0000000980. The van der Waals surface area contributed by atoms with Gasteiger partial charge in [-0.05, 0) is 0 Å². The predicted octanol–water partition coefficient (Wildman–Crippen LogP) is 2.02. The summed E-state index contributed by atoms with van der Waals surface area (Å²) in [5, 5.41) is 0. The lowest BCUT2D eigenvalue weighted by molar-refractivity contribution is -0.0514. The first-order chi connectivity index (χ1) is 6.50. The average molecular weight is 556 g/mol. The Hall–Kier alpha value is 0.860. The fraction of sp³-hybridized carbons (Fsp3) is 1.00. The number of hydrogen-bond donors (Lipinski definition) is 2. The molecule has 0 aromatic rings. The van der Waals surface area contributed by atoms with Crippen LogP contribution in [0.4, 0.5) is 26.3 Å². The third kappa shape index (κ3) is 11.9. The summed E-state index contributed by atoms with van der Waals surface area (Å²) in [4.78, 5) is 0. The number of halogens is 8. The standard InChI is InChI=1S/2CHF3O3S.2HI/c2*2-1(3,4)8(5,6)7;;/h2*(H,5,6,7);2*1H. The van der Waals surface area contributed by atoms with E-state index in [1.165, 1.54) is 0 Å². The van der Waals surface area contributed by atoms with Crippen LogP contribution in [-0.4, -0.2) is 37.0 Å². The van der Waals surface area contributed by atoms with E-state index in [0.29, 0.717) is 0 Å². The maximum atomic E-state index is 10.7. The fourth-order valence-corrected chi connectivity index (χ4v) is 0. The fourth-order valence-electron chi connectivity index (χ4n) is 0. The van der Waals surface area contributed by atoms with E-state index in [0.717, 1.165) is 0 Å². The number of rotatable bonds is 0. The molecule has 6 nitrogen and oxygen atoms in total. The number of hydrogen-bond acceptors (Lipinski definition) is 4. The van der Waals surface area contributed by atoms with Crippen molar-refractivity contribution >= 4 is 68.2 Å². The molecule has 0 heterocycles. The lowest BCUT2D eigenvalue weighted by atomic mass is 11.6. The second-order valence-corrected chi connectivity index (χ2v) is 4.67. The summed E-state index contributed by atoms with van der Waals surface area (Å²) in [5.41, 5.74) is -11.1. The van der Waals surface area contributed by atoms with Crippen LogP contribution in [0.2, 0.25) is 0 Å². The molecule has 0 rings (SSSR count). The highest BCUT2D eigenvalue weighted by molar-refractivity contribution is 14.0. The molecule has 0 amide bonds. The molecule has 0 fully saturated rings. The molecule has 0 atom stereocenters. The molecule has 0 unspecified atom stereocenters. The van der Waals surface area contributed by atoms with Crippen molar-refractivity contribution in [1.29, 1.82) is 0 Å². The van der Waals surface area contributed by atoms with E-state index < -0.39 is 31.3 Å². The summed E-state index contributed by atoms with van der Waals surface area (Å²) in [7, 11) is -11.7. The van der Waals surface area contributed by atoms with E-state index in [2.05, 4.69) is 0 Å². The van der Waals surface area contributed by atoms with E-state index in [-0.39, 0.29) is 48.0 Å². The normalized spacial score (nSPS) is 12.4. The van der Waals surface area contributed by atoms with Gasteiger partial charge in [0.2, 0.25) is 0 Å². The Morgan fingerprint density at radius 1 is 0.611 bits per heavy atom. The zero-order valence-electron chi connectivity index (χ0n) is 7.43. The molecule has 0 bridgehead atoms. The highest BCUT2D eigenvalue weighted by Crippen LogP contribution is 2.21. The third-order valence-corrected chi connectivity index (χ3v) is 1.75. The maximum Gasteiger partial charge on any atom is 0.522 e. The Morgan fingerprint density at radius 2 is 0.667 bits per heavy atom. The van der Waals surface area contributed by atoms with Crippen LogP contribution in [0, 0.1) is 0 Å². The lowest BCUT2D eigenvalue weighted by Gasteiger charge is -1.97. The van der Waals surface area contributed by atoms with Crippen molar-refractivity contribution < 1.29 is 52.3 Å². The van der Waals surface area contributed by atoms with Crippen molar-refractivity contribution in [2.24, 2.45) is 0 Å². The van der Waals surface area contributed by atoms with Crippen LogP contribution in [-0.2, 0) is 20.2 Å². The van der Waals surface area contributed by atoms with Gasteiger partial charge in [0.1, 0.15) is 0 Å². The van der Waals surface area contributed by atoms with Crippen LogP contribution in [0.3, 0.4) is 0 Å². The maximum absolute atomic E-state index is 10.7. The molecule has 0 saturated heterocycles. The van der Waals surface area contributed by atoms with Gasteiger partial charge in [-0.2, -0.15) is 43.2 Å². The Bertz CT molecular complexity index is 378. The first-order valence-corrected chi connectivity index (χ1v) is 5.45. The van der Waals surface area contributed by atoms with Crippen molar-refractivity contribution in [3.8, 4) is 0 Å². The SMILES string of the molecule is I.I.O=S(=O)(O)C(F)(F)F.O=S(=O)(O)C(F)(F)F. The summed E-state index contributed by atoms with van der Waals surface area (Å²) in [6.07, 6.45) is 0. The molecule has 0 radical (unpaired) electrons. The van der Waals surface area contributed by atoms with Gasteiger partial charge >= 0.3 is 31.3 Å². The summed E-state index contributed by atoms with van der Waals surface area (Å²) >= 11 is 0. The van der Waals surface area contributed by atoms with Gasteiger partial charge in [0.05, 0.1) is 0 Å². The van der Waals surface area contributed by atoms with Crippen LogP contribution >= 0.6 is 48.0 Å². The van der Waals surface area contributed by atoms with Gasteiger partial charge in [0.15, 0.2) is 0 Å². The molecule has 18 heavy (non-hydrogen) atoms. The van der Waals surface area contributed by atoms with Crippen LogP contribution in [0.1, 0.15) is 0 Å². The van der Waals surface area contributed by atoms with Gasteiger partial charge in [-0.1, -0.05) is 0 Å². The van der Waals surface area contributed by atoms with Gasteiger partial charge in [-0.15, -0.1) is 48.0 Å². The van der Waals surface area contributed by atoms with E-state index in [4.69, 9.17) is 25.9 Å². The molecule has 116 valence electrons. The minimum absolute atomic E-state index is 0. The summed E-state index contributed by atoms with van der Waals surface area (Å²) in [5.74, 6) is 0. The average Bonchev–Trinajstić information content (AvgIpc) is 1.77. The molecule has 0 aromatic heterocycles. The quantitative estimate of drug-likeness (QED) is 0.205. The van der Waals surface area contributed by atoms with Gasteiger partial charge in [-0.3, -0.25) is 9.11 Å². The van der Waals surface area contributed by atoms with Gasteiger partial charge in [0.25, 0.3) is 0 Å². The summed E-state index contributed by atoms with van der Waals surface area (Å²) in [6.45, 7) is 0. The predicted molar refractivity (Wildman–Crippen MR) is 66.0 cm³/mol. The van der Waals surface area contributed by atoms with Crippen LogP contribution in [0.5, 0.6) is 0 Å². The smallest absolute Gasteiger partial charge is 0.279 e. The largest absolute Gasteiger partial charge is 0.522 e. The Morgan fingerprint density at radius 3 is 0.667 bits per heavy atom. The molecular formula is C2H4F6I2O6S2. The van der Waals surface area contributed by atoms with Crippen molar-refractivity contribution in [2.45, 2.75) is 11.0 Å². The Kier molecular flexibility index (Phi) is 12.4. The molecular weight excluding hydrogens is 552 g/mol. The van der Waals surface area contributed by atoms with Crippen molar-refractivity contribution in [3.63, 3.8) is 0 Å². The first kappa shape index (κ1) is 27.2. The van der Waals surface area contributed by atoms with Crippen molar-refractivity contribution in [2.75, 3.05) is 0 Å². The van der Waals surface area contributed by atoms with Gasteiger partial charge in [-0.25, -0.2) is 0 Å². The first-order valence-electron chi connectivity index (χ1n) is 2.57. The topological polar surface area (TPSA) is 109 Å². The van der Waals surface area contributed by atoms with E-state index >= 15 is 0 Å². The summed E-state index contributed by atoms with van der Waals surface area (Å²) < 4.78 is 115. The van der Waals surface area contributed by atoms with Gasteiger partial charge in [0, 0.05) is 0 Å². The molecule has 0 aliphatic rings. The van der Waals surface area contributed by atoms with Crippen LogP contribution in [0.15, 0.2) is 0 Å². The molecule has 0 spiro atoms. The third-order valence-electron chi connectivity index (χ3n) is 0.585. The highest BCUT2D eigenvalue weighted by Gasteiger charge is 2.45. The van der Waals surface area contributed by atoms with Gasteiger partial charge < -0.3 is 0 Å². The molecule has 0 aliphatic carbocycles. The molecule has 0 saturated carbocycles. The van der Waals surface area contributed by atoms with E-state index in [1.54, 1.807) is 0 Å². The summed E-state index contributed by atoms with van der Waals surface area (Å²) in [6, 6.07) is 0. The molecule has 0 aliphatic heterocycles. The number of alkyl halides is 6. The zero-order chi connectivity index (χ0) is 14.0. The second-order valence-electron chi connectivity index (χ2n) is 1.84. The van der Waals surface area contributed by atoms with Crippen molar-refractivity contribution in [1.82, 2.24) is 0 Å². The van der Waals surface area contributed by atoms with Crippen molar-refractivity contribution in [3.05, 3.63) is 0 Å². The molecule has 16 heteroatoms. The second kappa shape index (κ2) is 8.21. The van der Waals surface area contributed by atoms with Crippen LogP contribution in [0.25, 0.3) is 0 Å². The monoisotopic (exact) mass is 556 g/mol. The Labute approximate surface area is 131 Å². The zero-order valence-corrected chi connectivity index (χ0v) is 13.7. The van der Waals surface area contributed by atoms with E-state index in [1.807, 2.05) is 0 Å².